The Balaban J connectivity index is 2.88. The maximum Gasteiger partial charge on any atom is 0.431 e. The molecule has 1 aromatic heterocycles. The summed E-state index contributed by atoms with van der Waals surface area (Å²) in [6.45, 7) is 3.49. The molecule has 18 heavy (non-hydrogen) atoms. The number of nitrogens with zero attached hydrogens (tertiary/aromatic N) is 1. The largest absolute Gasteiger partial charge is 0.431 e. The lowest BCUT2D eigenvalue weighted by atomic mass is 10.1. The number of hydrogen-bond acceptors (Lipinski definition) is 0. The Bertz CT molecular complexity index is 614. The van der Waals surface area contributed by atoms with Crippen LogP contribution < -0.4 is 0 Å². The van der Waals surface area contributed by atoms with Gasteiger partial charge in [0.2, 0.25) is 0 Å². The number of alkyl halides is 3. The summed E-state index contributed by atoms with van der Waals surface area (Å²) in [5, 5.41) is 0.565. The SMILES string of the molecule is C#CCn1c(C(F)(F)F)c(C[CH2])c2ccccc21. The molecular weight excluding hydrogens is 239 g/mol. The third-order valence-electron chi connectivity index (χ3n) is 2.84. The van der Waals surface area contributed by atoms with Crippen LogP contribution in [0.15, 0.2) is 24.3 Å². The summed E-state index contributed by atoms with van der Waals surface area (Å²) < 4.78 is 40.6. The molecule has 0 aliphatic rings. The minimum absolute atomic E-state index is 0.0763. The highest BCUT2D eigenvalue weighted by Crippen LogP contribution is 2.38. The van der Waals surface area contributed by atoms with Crippen LogP contribution in [0.25, 0.3) is 10.9 Å². The van der Waals surface area contributed by atoms with Gasteiger partial charge in [-0.25, -0.2) is 0 Å². The van der Waals surface area contributed by atoms with Gasteiger partial charge in [0, 0.05) is 10.9 Å². The van der Waals surface area contributed by atoms with E-state index >= 15 is 0 Å². The van der Waals surface area contributed by atoms with E-state index in [1.807, 2.05) is 0 Å². The maximum absolute atomic E-state index is 13.1. The second-order valence-electron chi connectivity index (χ2n) is 3.88. The van der Waals surface area contributed by atoms with E-state index in [0.717, 1.165) is 4.57 Å². The summed E-state index contributed by atoms with van der Waals surface area (Å²) in [6.07, 6.45) is 0.809. The van der Waals surface area contributed by atoms with Crippen molar-refractivity contribution in [2.45, 2.75) is 19.1 Å². The van der Waals surface area contributed by atoms with Gasteiger partial charge in [-0.3, -0.25) is 0 Å². The van der Waals surface area contributed by atoms with E-state index in [-0.39, 0.29) is 18.5 Å². The van der Waals surface area contributed by atoms with Gasteiger partial charge in [-0.05, 0) is 25.0 Å². The lowest BCUT2D eigenvalue weighted by Gasteiger charge is -2.12. The summed E-state index contributed by atoms with van der Waals surface area (Å²) in [5.74, 6) is 2.27. The van der Waals surface area contributed by atoms with Gasteiger partial charge in [0.25, 0.3) is 0 Å². The van der Waals surface area contributed by atoms with E-state index in [2.05, 4.69) is 12.8 Å². The first kappa shape index (κ1) is 12.6. The van der Waals surface area contributed by atoms with Crippen molar-refractivity contribution in [3.8, 4) is 12.3 Å². The Morgan fingerprint density at radius 1 is 1.28 bits per heavy atom. The van der Waals surface area contributed by atoms with Crippen LogP contribution in [-0.2, 0) is 19.1 Å². The number of halogens is 3. The van der Waals surface area contributed by atoms with Crippen molar-refractivity contribution in [1.29, 1.82) is 0 Å². The van der Waals surface area contributed by atoms with E-state index in [0.29, 0.717) is 10.9 Å². The Morgan fingerprint density at radius 3 is 2.50 bits per heavy atom. The van der Waals surface area contributed by atoms with E-state index in [9.17, 15) is 13.2 Å². The number of fused-ring (bicyclic) bond motifs is 1. The fourth-order valence-corrected chi connectivity index (χ4v) is 2.21. The zero-order valence-corrected chi connectivity index (χ0v) is 9.59. The minimum atomic E-state index is -4.43. The van der Waals surface area contributed by atoms with Crippen molar-refractivity contribution in [2.24, 2.45) is 0 Å². The van der Waals surface area contributed by atoms with Crippen LogP contribution in [0, 0.1) is 19.3 Å². The van der Waals surface area contributed by atoms with Gasteiger partial charge in [-0.15, -0.1) is 6.42 Å². The first-order chi connectivity index (χ1) is 8.50. The molecule has 1 radical (unpaired) electrons. The summed E-state index contributed by atoms with van der Waals surface area (Å²) in [7, 11) is 0. The van der Waals surface area contributed by atoms with Crippen LogP contribution >= 0.6 is 0 Å². The molecule has 1 heterocycles. The van der Waals surface area contributed by atoms with Crippen LogP contribution in [0.2, 0.25) is 0 Å². The summed E-state index contributed by atoms with van der Waals surface area (Å²) >= 11 is 0. The number of benzene rings is 1. The summed E-state index contributed by atoms with van der Waals surface area (Å²) in [6, 6.07) is 6.71. The van der Waals surface area contributed by atoms with Crippen molar-refractivity contribution < 1.29 is 13.2 Å². The second kappa shape index (κ2) is 4.41. The maximum atomic E-state index is 13.1. The molecule has 1 nitrogen and oxygen atoms in total. The van der Waals surface area contributed by atoms with Crippen molar-refractivity contribution in [1.82, 2.24) is 4.57 Å². The molecule has 0 amide bonds. The van der Waals surface area contributed by atoms with Gasteiger partial charge >= 0.3 is 6.18 Å². The quantitative estimate of drug-likeness (QED) is 0.717. The Labute approximate surface area is 103 Å². The van der Waals surface area contributed by atoms with E-state index < -0.39 is 11.9 Å². The highest BCUT2D eigenvalue weighted by Gasteiger charge is 2.38. The minimum Gasteiger partial charge on any atom is -0.325 e. The average molecular weight is 250 g/mol. The number of aromatic nitrogens is 1. The van der Waals surface area contributed by atoms with Crippen molar-refractivity contribution in [2.75, 3.05) is 0 Å². The zero-order valence-electron chi connectivity index (χ0n) is 9.59. The fourth-order valence-electron chi connectivity index (χ4n) is 2.21. The summed E-state index contributed by atoms with van der Waals surface area (Å²) in [4.78, 5) is 0. The van der Waals surface area contributed by atoms with E-state index in [1.165, 1.54) is 0 Å². The smallest absolute Gasteiger partial charge is 0.325 e. The molecule has 2 aromatic rings. The first-order valence-electron chi connectivity index (χ1n) is 5.40. The lowest BCUT2D eigenvalue weighted by Crippen LogP contribution is -2.15. The lowest BCUT2D eigenvalue weighted by molar-refractivity contribution is -0.143. The number of para-hydroxylation sites is 1. The Kier molecular flexibility index (Phi) is 3.08. The molecule has 0 saturated carbocycles. The highest BCUT2D eigenvalue weighted by atomic mass is 19.4. The second-order valence-corrected chi connectivity index (χ2v) is 3.88. The highest BCUT2D eigenvalue weighted by molar-refractivity contribution is 5.86. The molecule has 0 saturated heterocycles. The van der Waals surface area contributed by atoms with Crippen molar-refractivity contribution >= 4 is 10.9 Å². The predicted octanol–water partition coefficient (Wildman–Crippen LogP) is 3.67. The molecule has 93 valence electrons. The fraction of sp³-hybridized carbons (Fsp3) is 0.214. The first-order valence-corrected chi connectivity index (χ1v) is 5.40. The Morgan fingerprint density at radius 2 is 1.94 bits per heavy atom. The third kappa shape index (κ3) is 1.86. The molecule has 4 heteroatoms. The average Bonchev–Trinajstić information content (AvgIpc) is 2.64. The van der Waals surface area contributed by atoms with Crippen LogP contribution in [0.1, 0.15) is 11.3 Å². The molecule has 0 aliphatic heterocycles. The summed E-state index contributed by atoms with van der Waals surface area (Å²) in [5.41, 5.74) is 0.0198. The monoisotopic (exact) mass is 250 g/mol. The number of hydrogen-bond donors (Lipinski definition) is 0. The van der Waals surface area contributed by atoms with Crippen LogP contribution in [0.4, 0.5) is 13.2 Å². The van der Waals surface area contributed by atoms with Crippen LogP contribution in [-0.4, -0.2) is 4.57 Å². The molecule has 0 unspecified atom stereocenters. The third-order valence-corrected chi connectivity index (χ3v) is 2.84. The van der Waals surface area contributed by atoms with Gasteiger partial charge in [0.15, 0.2) is 0 Å². The van der Waals surface area contributed by atoms with Crippen molar-refractivity contribution in [3.05, 3.63) is 42.4 Å². The van der Waals surface area contributed by atoms with E-state index in [1.54, 1.807) is 24.3 Å². The van der Waals surface area contributed by atoms with Crippen molar-refractivity contribution in [3.63, 3.8) is 0 Å². The van der Waals surface area contributed by atoms with Gasteiger partial charge in [-0.2, -0.15) is 13.2 Å². The molecule has 0 fully saturated rings. The van der Waals surface area contributed by atoms with E-state index in [4.69, 9.17) is 6.42 Å². The number of terminal acetylenes is 1. The topological polar surface area (TPSA) is 4.93 Å². The molecule has 0 aliphatic carbocycles. The molecule has 0 bridgehead atoms. The number of rotatable bonds is 2. The Hall–Kier alpha value is -1.89. The molecule has 2 rings (SSSR count). The van der Waals surface area contributed by atoms with Crippen LogP contribution in [0.3, 0.4) is 0 Å². The molecule has 0 atom stereocenters. The zero-order chi connectivity index (χ0) is 13.3. The molecular formula is C14H11F3N. The molecule has 0 N–H and O–H groups in total. The van der Waals surface area contributed by atoms with Gasteiger partial charge in [0.05, 0.1) is 6.54 Å². The standard InChI is InChI=1S/C14H11F3N/c1-3-9-18-12-8-6-5-7-11(12)10(4-2)13(18)14(15,16)17/h1,5-8H,2,4,9H2. The van der Waals surface area contributed by atoms with Gasteiger partial charge < -0.3 is 4.57 Å². The van der Waals surface area contributed by atoms with Crippen LogP contribution in [0.5, 0.6) is 0 Å². The predicted molar refractivity (Wildman–Crippen MR) is 64.8 cm³/mol. The van der Waals surface area contributed by atoms with Gasteiger partial charge in [0.1, 0.15) is 5.69 Å². The normalized spacial score (nSPS) is 11.7. The molecule has 0 spiro atoms. The molecule has 1 aromatic carbocycles. The van der Waals surface area contributed by atoms with Gasteiger partial charge in [-0.1, -0.05) is 24.1 Å².